The zero-order chi connectivity index (χ0) is 39.5. The van der Waals surface area contributed by atoms with Crippen molar-refractivity contribution >= 4 is 45.5 Å². The number of amides is 5. The van der Waals surface area contributed by atoms with E-state index in [0.29, 0.717) is 29.7 Å². The van der Waals surface area contributed by atoms with Crippen LogP contribution in [0.15, 0.2) is 108 Å². The minimum Gasteiger partial charge on any atom is -0.449 e. The zero-order valence-electron chi connectivity index (χ0n) is 30.7. The van der Waals surface area contributed by atoms with Gasteiger partial charge >= 0.3 is 22.3 Å². The summed E-state index contributed by atoms with van der Waals surface area (Å²) < 4.78 is 47.1. The summed E-state index contributed by atoms with van der Waals surface area (Å²) in [4.78, 5) is 61.2. The lowest BCUT2D eigenvalue weighted by molar-refractivity contribution is -0.141. The van der Waals surface area contributed by atoms with Crippen LogP contribution in [-0.2, 0) is 43.0 Å². The highest BCUT2D eigenvalue weighted by Crippen LogP contribution is 2.43. The van der Waals surface area contributed by atoms with Crippen LogP contribution in [-0.4, -0.2) is 84.5 Å². The summed E-state index contributed by atoms with van der Waals surface area (Å²) >= 11 is 0. The van der Waals surface area contributed by atoms with Gasteiger partial charge in [0.25, 0.3) is 5.91 Å². The second-order valence-corrected chi connectivity index (χ2v) is 15.5. The Balaban J connectivity index is 1.10. The summed E-state index contributed by atoms with van der Waals surface area (Å²) in [6.07, 6.45) is 0.126. The molecular formula is C41H41FN6O7S. The first-order chi connectivity index (χ1) is 27.0. The van der Waals surface area contributed by atoms with E-state index < -0.39 is 58.1 Å². The molecule has 290 valence electrons. The number of hydrogen-bond acceptors (Lipinski definition) is 8. The van der Waals surface area contributed by atoms with Crippen molar-refractivity contribution in [2.24, 2.45) is 4.99 Å². The third-order valence-corrected chi connectivity index (χ3v) is 11.9. The quantitative estimate of drug-likeness (QED) is 0.157. The molecule has 15 heteroatoms. The fraction of sp³-hybridized carbons (Fsp3) is 0.293. The molecule has 2 fully saturated rings. The molecule has 5 amide bonds. The van der Waals surface area contributed by atoms with Gasteiger partial charge in [0.05, 0.1) is 18.0 Å². The van der Waals surface area contributed by atoms with Crippen LogP contribution >= 0.6 is 0 Å². The number of nitrogens with one attached hydrogen (secondary N) is 2. The van der Waals surface area contributed by atoms with E-state index in [4.69, 9.17) is 9.73 Å². The maximum atomic E-state index is 14.2. The molecule has 1 atom stereocenters. The number of urea groups is 1. The first-order valence-electron chi connectivity index (χ1n) is 18.4. The Morgan fingerprint density at radius 1 is 0.946 bits per heavy atom. The van der Waals surface area contributed by atoms with Gasteiger partial charge in [-0.25, -0.2) is 23.7 Å². The van der Waals surface area contributed by atoms with Crippen LogP contribution in [0.5, 0.6) is 0 Å². The Bertz CT molecular complexity index is 2220. The van der Waals surface area contributed by atoms with E-state index >= 15 is 0 Å². The zero-order valence-corrected chi connectivity index (χ0v) is 31.5. The van der Waals surface area contributed by atoms with Crippen molar-refractivity contribution in [3.63, 3.8) is 0 Å². The smallest absolute Gasteiger partial charge is 0.421 e. The third-order valence-electron chi connectivity index (χ3n) is 10.4. The molecule has 1 aliphatic carbocycles. The molecule has 4 aromatic carbocycles. The highest BCUT2D eigenvalue weighted by molar-refractivity contribution is 7.87. The number of rotatable bonds is 11. The van der Waals surface area contributed by atoms with Crippen LogP contribution in [0.4, 0.5) is 19.7 Å². The maximum Gasteiger partial charge on any atom is 0.421 e. The minimum atomic E-state index is -4.19. The third kappa shape index (κ3) is 7.91. The van der Waals surface area contributed by atoms with E-state index in [9.17, 15) is 32.0 Å². The van der Waals surface area contributed by atoms with E-state index in [0.717, 1.165) is 31.6 Å². The Hall–Kier alpha value is -5.93. The first kappa shape index (κ1) is 38.3. The van der Waals surface area contributed by atoms with E-state index in [1.807, 2.05) is 83.6 Å². The highest BCUT2D eigenvalue weighted by atomic mass is 32.2. The summed E-state index contributed by atoms with van der Waals surface area (Å²) in [5, 5.41) is 2.90. The van der Waals surface area contributed by atoms with Gasteiger partial charge in [-0.15, -0.1) is 0 Å². The average molecular weight is 781 g/mol. The molecule has 1 spiro atoms. The molecule has 56 heavy (non-hydrogen) atoms. The average Bonchev–Trinajstić information content (AvgIpc) is 3.68. The van der Waals surface area contributed by atoms with Gasteiger partial charge < -0.3 is 15.0 Å². The van der Waals surface area contributed by atoms with Gasteiger partial charge in [-0.3, -0.25) is 14.5 Å². The monoisotopic (exact) mass is 780 g/mol. The standard InChI is InChI=1S/C41H41FN6O7S/c1-2-55-40(52)45-56(53,54)46-23-20-34(21-24-46)47(26-28-13-15-32(42)16-14-28)36(49)27-48-38(50)41(44-39(48)51)22-19-31-25-33(17-18-35(31)41)43-37(29-9-5-3-6-10-29)30-11-7-4-8-12-30/h3-18,25,34H,2,19-24,26-27H2,1H3,(H,44,51)(H,45,52)/t41-/m0/s1. The van der Waals surface area contributed by atoms with Gasteiger partial charge in [0.15, 0.2) is 0 Å². The van der Waals surface area contributed by atoms with Crippen molar-refractivity contribution in [1.29, 1.82) is 0 Å². The number of aryl methyl sites for hydroxylation is 1. The molecule has 0 bridgehead atoms. The fourth-order valence-corrected chi connectivity index (χ4v) is 8.72. The molecule has 7 rings (SSSR count). The number of carbonyl (C=O) groups excluding carboxylic acids is 4. The van der Waals surface area contributed by atoms with Crippen molar-refractivity contribution in [1.82, 2.24) is 24.1 Å². The van der Waals surface area contributed by atoms with Crippen LogP contribution in [0, 0.1) is 5.82 Å². The number of ether oxygens (including phenoxy) is 1. The molecule has 0 unspecified atom stereocenters. The maximum absolute atomic E-state index is 14.2. The molecule has 2 heterocycles. The number of aliphatic imine (C=N–C) groups is 1. The number of nitrogens with zero attached hydrogens (tertiary/aromatic N) is 4. The summed E-state index contributed by atoms with van der Waals surface area (Å²) in [5.74, 6) is -1.52. The molecule has 3 aliphatic rings. The Labute approximate surface area is 324 Å². The molecule has 2 aliphatic heterocycles. The first-order valence-corrected chi connectivity index (χ1v) is 19.9. The molecule has 2 saturated heterocycles. The van der Waals surface area contributed by atoms with Crippen molar-refractivity contribution in [3.05, 3.63) is 137 Å². The predicted octanol–water partition coefficient (Wildman–Crippen LogP) is 5.17. The summed E-state index contributed by atoms with van der Waals surface area (Å²) in [6.45, 7) is 1.00. The molecule has 13 nitrogen and oxygen atoms in total. The van der Waals surface area contributed by atoms with Crippen LogP contribution < -0.4 is 10.0 Å². The van der Waals surface area contributed by atoms with Gasteiger partial charge in [0.2, 0.25) is 5.91 Å². The SMILES string of the molecule is CCOC(=O)NS(=O)(=O)N1CCC(N(Cc2ccc(F)cc2)C(=O)CN2C(=O)N[C@]3(CCc4cc(N=C(c5ccccc5)c5ccccc5)ccc43)C2=O)CC1. The Morgan fingerprint density at radius 3 is 2.21 bits per heavy atom. The fourth-order valence-electron chi connectivity index (χ4n) is 7.63. The van der Waals surface area contributed by atoms with Crippen molar-refractivity contribution in [2.45, 2.75) is 50.7 Å². The van der Waals surface area contributed by atoms with E-state index in [-0.39, 0.29) is 39.1 Å². The number of halogens is 1. The molecule has 0 saturated carbocycles. The molecule has 2 N–H and O–H groups in total. The van der Waals surface area contributed by atoms with Gasteiger partial charge in [0.1, 0.15) is 17.9 Å². The highest BCUT2D eigenvalue weighted by Gasteiger charge is 2.56. The van der Waals surface area contributed by atoms with Crippen LogP contribution in [0.25, 0.3) is 0 Å². The van der Waals surface area contributed by atoms with Crippen LogP contribution in [0.1, 0.15) is 54.0 Å². The lowest BCUT2D eigenvalue weighted by atomic mass is 9.91. The number of hydrogen-bond donors (Lipinski definition) is 2. The summed E-state index contributed by atoms with van der Waals surface area (Å²) in [7, 11) is -4.19. The van der Waals surface area contributed by atoms with Gasteiger partial charge in [-0.05, 0) is 73.6 Å². The lowest BCUT2D eigenvalue weighted by Gasteiger charge is -2.38. The Morgan fingerprint density at radius 2 is 1.59 bits per heavy atom. The normalized spacial score (nSPS) is 18.4. The predicted molar refractivity (Wildman–Crippen MR) is 205 cm³/mol. The molecule has 0 aromatic heterocycles. The molecular weight excluding hydrogens is 740 g/mol. The van der Waals surface area contributed by atoms with E-state index in [2.05, 4.69) is 5.32 Å². The second kappa shape index (κ2) is 16.0. The number of imide groups is 1. The minimum absolute atomic E-state index is 0.00376. The van der Waals surface area contributed by atoms with Gasteiger partial charge in [-0.2, -0.15) is 12.7 Å². The molecule has 0 radical (unpaired) electrons. The lowest BCUT2D eigenvalue weighted by Crippen LogP contribution is -2.53. The summed E-state index contributed by atoms with van der Waals surface area (Å²) in [6, 6.07) is 29.7. The Kier molecular flexibility index (Phi) is 11.0. The van der Waals surface area contributed by atoms with Crippen molar-refractivity contribution in [3.8, 4) is 0 Å². The number of carbonyl (C=O) groups is 4. The summed E-state index contributed by atoms with van der Waals surface area (Å²) in [5.41, 5.74) is 4.17. The van der Waals surface area contributed by atoms with Gasteiger partial charge in [0, 0.05) is 36.8 Å². The molecule has 4 aromatic rings. The van der Waals surface area contributed by atoms with E-state index in [1.54, 1.807) is 6.92 Å². The van der Waals surface area contributed by atoms with Crippen molar-refractivity contribution < 1.29 is 36.7 Å². The van der Waals surface area contributed by atoms with Crippen LogP contribution in [0.3, 0.4) is 0 Å². The van der Waals surface area contributed by atoms with Crippen molar-refractivity contribution in [2.75, 3.05) is 26.2 Å². The largest absolute Gasteiger partial charge is 0.449 e. The number of fused-ring (bicyclic) bond motifs is 2. The number of piperidine rings is 1. The van der Waals surface area contributed by atoms with E-state index in [1.165, 1.54) is 29.2 Å². The van der Waals surface area contributed by atoms with Gasteiger partial charge in [-0.1, -0.05) is 78.9 Å². The number of benzene rings is 4. The van der Waals surface area contributed by atoms with Crippen LogP contribution in [0.2, 0.25) is 0 Å². The topological polar surface area (TPSA) is 158 Å². The second-order valence-electron chi connectivity index (χ2n) is 13.9.